The molecule has 2 heterocycles. The number of hydrogen-bond donors (Lipinski definition) is 2. The molecule has 21 heavy (non-hydrogen) atoms. The van der Waals surface area contributed by atoms with Gasteiger partial charge >= 0.3 is 5.82 Å². The number of rotatable bonds is 3. The van der Waals surface area contributed by atoms with Gasteiger partial charge in [-0.05, 0) is 49.6 Å². The lowest BCUT2D eigenvalue weighted by Crippen LogP contribution is -2.59. The van der Waals surface area contributed by atoms with E-state index in [2.05, 4.69) is 10.6 Å². The quantitative estimate of drug-likeness (QED) is 0.650. The number of carbonyl (C=O) groups excluding carboxylic acids is 1. The Kier molecular flexibility index (Phi) is 3.44. The SMILES string of the molecule is Cn1c(C(=O)NC2CCNC3(CCC3)C2)ccc1[N+](=O)[O-]. The molecule has 1 amide bonds. The van der Waals surface area contributed by atoms with Gasteiger partial charge in [0.2, 0.25) is 0 Å². The number of nitrogens with zero attached hydrogens (tertiary/aromatic N) is 2. The largest absolute Gasteiger partial charge is 0.358 e. The Bertz CT molecular complexity index is 577. The fourth-order valence-electron chi connectivity index (χ4n) is 3.44. The third kappa shape index (κ3) is 2.53. The molecule has 1 aromatic heterocycles. The van der Waals surface area contributed by atoms with Crippen molar-refractivity contribution in [1.82, 2.24) is 15.2 Å². The summed E-state index contributed by atoms with van der Waals surface area (Å²) in [5.74, 6) is -0.298. The molecule has 1 aromatic rings. The van der Waals surface area contributed by atoms with Crippen molar-refractivity contribution in [3.05, 3.63) is 27.9 Å². The summed E-state index contributed by atoms with van der Waals surface area (Å²) in [6, 6.07) is 3.02. The molecule has 2 aliphatic rings. The molecule has 0 radical (unpaired) electrons. The Labute approximate surface area is 122 Å². The van der Waals surface area contributed by atoms with Crippen molar-refractivity contribution in [2.45, 2.75) is 43.7 Å². The standard InChI is InChI=1S/C14H20N4O3/c1-17-11(3-4-12(17)18(20)21)13(19)16-10-5-8-15-14(9-10)6-2-7-14/h3-4,10,15H,2,5-9H2,1H3,(H,16,19). The van der Waals surface area contributed by atoms with E-state index in [1.54, 1.807) is 7.05 Å². The van der Waals surface area contributed by atoms with Crippen LogP contribution >= 0.6 is 0 Å². The second kappa shape index (κ2) is 5.14. The van der Waals surface area contributed by atoms with Crippen molar-refractivity contribution in [3.8, 4) is 0 Å². The number of hydrogen-bond acceptors (Lipinski definition) is 4. The first kappa shape index (κ1) is 14.1. The van der Waals surface area contributed by atoms with Gasteiger partial charge in [0.05, 0.1) is 7.05 Å². The fourth-order valence-corrected chi connectivity index (χ4v) is 3.44. The number of aromatic nitrogens is 1. The Morgan fingerprint density at radius 1 is 1.52 bits per heavy atom. The number of amides is 1. The van der Waals surface area contributed by atoms with Crippen LogP contribution in [-0.4, -0.2) is 33.5 Å². The van der Waals surface area contributed by atoms with Crippen LogP contribution in [0.1, 0.15) is 42.6 Å². The average molecular weight is 292 g/mol. The molecule has 1 aliphatic heterocycles. The zero-order chi connectivity index (χ0) is 15.0. The van der Waals surface area contributed by atoms with Gasteiger partial charge in [-0.2, -0.15) is 0 Å². The Morgan fingerprint density at radius 3 is 2.86 bits per heavy atom. The highest BCUT2D eigenvalue weighted by Gasteiger charge is 2.41. The van der Waals surface area contributed by atoms with Crippen LogP contribution in [0.15, 0.2) is 12.1 Å². The van der Waals surface area contributed by atoms with Gasteiger partial charge in [0, 0.05) is 17.6 Å². The van der Waals surface area contributed by atoms with Crippen LogP contribution in [0.5, 0.6) is 0 Å². The van der Waals surface area contributed by atoms with Crippen LogP contribution in [0.25, 0.3) is 0 Å². The third-order valence-corrected chi connectivity index (χ3v) is 4.79. The highest BCUT2D eigenvalue weighted by atomic mass is 16.6. The maximum atomic E-state index is 12.3. The average Bonchev–Trinajstić information content (AvgIpc) is 2.79. The Balaban J connectivity index is 1.67. The molecule has 7 heteroatoms. The highest BCUT2D eigenvalue weighted by molar-refractivity contribution is 5.93. The van der Waals surface area contributed by atoms with E-state index in [0.717, 1.165) is 19.4 Å². The molecule has 114 valence electrons. The summed E-state index contributed by atoms with van der Waals surface area (Å²) < 4.78 is 1.33. The van der Waals surface area contributed by atoms with E-state index in [1.807, 2.05) is 0 Å². The minimum absolute atomic E-state index is 0.0686. The lowest BCUT2D eigenvalue weighted by molar-refractivity contribution is -0.391. The van der Waals surface area contributed by atoms with E-state index in [1.165, 1.54) is 36.0 Å². The molecule has 1 saturated heterocycles. The number of piperidine rings is 1. The highest BCUT2D eigenvalue weighted by Crippen LogP contribution is 2.38. The van der Waals surface area contributed by atoms with E-state index >= 15 is 0 Å². The van der Waals surface area contributed by atoms with Crippen LogP contribution < -0.4 is 10.6 Å². The van der Waals surface area contributed by atoms with Gasteiger partial charge in [-0.25, -0.2) is 4.57 Å². The van der Waals surface area contributed by atoms with E-state index in [0.29, 0.717) is 5.69 Å². The van der Waals surface area contributed by atoms with Crippen molar-refractivity contribution in [2.75, 3.05) is 6.54 Å². The molecule has 1 atom stereocenters. The summed E-state index contributed by atoms with van der Waals surface area (Å²) in [4.78, 5) is 22.7. The molecule has 0 aromatic carbocycles. The molecule has 3 rings (SSSR count). The van der Waals surface area contributed by atoms with Gasteiger partial charge in [0.25, 0.3) is 5.91 Å². The van der Waals surface area contributed by atoms with E-state index in [9.17, 15) is 14.9 Å². The first-order valence-electron chi connectivity index (χ1n) is 7.37. The molecule has 2 N–H and O–H groups in total. The summed E-state index contributed by atoms with van der Waals surface area (Å²) in [5.41, 5.74) is 0.555. The van der Waals surface area contributed by atoms with Crippen LogP contribution in [-0.2, 0) is 7.05 Å². The van der Waals surface area contributed by atoms with E-state index in [4.69, 9.17) is 0 Å². The predicted octanol–water partition coefficient (Wildman–Crippen LogP) is 1.34. The number of nitrogens with one attached hydrogen (secondary N) is 2. The molecule has 2 fully saturated rings. The monoisotopic (exact) mass is 292 g/mol. The summed E-state index contributed by atoms with van der Waals surface area (Å²) in [5, 5.41) is 17.4. The fraction of sp³-hybridized carbons (Fsp3) is 0.643. The molecule has 1 saturated carbocycles. The maximum absolute atomic E-state index is 12.3. The molecule has 1 aliphatic carbocycles. The van der Waals surface area contributed by atoms with Crippen molar-refractivity contribution >= 4 is 11.7 Å². The summed E-state index contributed by atoms with van der Waals surface area (Å²) in [6.07, 6.45) is 5.45. The van der Waals surface area contributed by atoms with Gasteiger partial charge in [0.1, 0.15) is 0 Å². The van der Waals surface area contributed by atoms with Gasteiger partial charge in [-0.15, -0.1) is 0 Å². The molecular formula is C14H20N4O3. The lowest BCUT2D eigenvalue weighted by Gasteiger charge is -2.48. The van der Waals surface area contributed by atoms with Crippen LogP contribution in [0, 0.1) is 10.1 Å². The van der Waals surface area contributed by atoms with Gasteiger partial charge in [0.15, 0.2) is 5.69 Å². The van der Waals surface area contributed by atoms with E-state index < -0.39 is 4.92 Å². The topological polar surface area (TPSA) is 89.2 Å². The third-order valence-electron chi connectivity index (χ3n) is 4.79. The Morgan fingerprint density at radius 2 is 2.29 bits per heavy atom. The van der Waals surface area contributed by atoms with Gasteiger partial charge < -0.3 is 20.7 Å². The lowest BCUT2D eigenvalue weighted by atomic mass is 9.70. The van der Waals surface area contributed by atoms with Gasteiger partial charge in [-0.1, -0.05) is 0 Å². The van der Waals surface area contributed by atoms with Crippen molar-refractivity contribution in [3.63, 3.8) is 0 Å². The first-order valence-corrected chi connectivity index (χ1v) is 7.37. The summed E-state index contributed by atoms with van der Waals surface area (Å²) >= 11 is 0. The molecule has 0 bridgehead atoms. The van der Waals surface area contributed by atoms with Crippen LogP contribution in [0.4, 0.5) is 5.82 Å². The van der Waals surface area contributed by atoms with Crippen molar-refractivity contribution in [1.29, 1.82) is 0 Å². The first-order chi connectivity index (χ1) is 10.0. The smallest absolute Gasteiger partial charge is 0.323 e. The van der Waals surface area contributed by atoms with Crippen molar-refractivity contribution < 1.29 is 9.72 Å². The zero-order valence-corrected chi connectivity index (χ0v) is 12.1. The van der Waals surface area contributed by atoms with Crippen molar-refractivity contribution in [2.24, 2.45) is 7.05 Å². The number of carbonyl (C=O) groups is 1. The summed E-state index contributed by atoms with van der Waals surface area (Å²) in [7, 11) is 1.54. The molecular weight excluding hydrogens is 272 g/mol. The van der Waals surface area contributed by atoms with Gasteiger partial charge in [-0.3, -0.25) is 4.79 Å². The maximum Gasteiger partial charge on any atom is 0.323 e. The number of nitro groups is 1. The zero-order valence-electron chi connectivity index (χ0n) is 12.1. The van der Waals surface area contributed by atoms with E-state index in [-0.39, 0.29) is 23.3 Å². The summed E-state index contributed by atoms with van der Waals surface area (Å²) in [6.45, 7) is 0.915. The minimum Gasteiger partial charge on any atom is -0.358 e. The molecule has 1 unspecified atom stereocenters. The van der Waals surface area contributed by atoms with Crippen LogP contribution in [0.2, 0.25) is 0 Å². The second-order valence-corrected chi connectivity index (χ2v) is 6.12. The molecule has 7 nitrogen and oxygen atoms in total. The van der Waals surface area contributed by atoms with Crippen LogP contribution in [0.3, 0.4) is 0 Å². The minimum atomic E-state index is -0.481. The second-order valence-electron chi connectivity index (χ2n) is 6.12. The predicted molar refractivity (Wildman–Crippen MR) is 77.1 cm³/mol. The normalized spacial score (nSPS) is 23.6. The molecule has 1 spiro atoms. The Hall–Kier alpha value is -1.89.